The van der Waals surface area contributed by atoms with E-state index < -0.39 is 0 Å². The van der Waals surface area contributed by atoms with Gasteiger partial charge in [-0.2, -0.15) is 0 Å². The van der Waals surface area contributed by atoms with E-state index in [1.165, 1.54) is 0 Å². The molecular formula is C16H12N4S. The summed E-state index contributed by atoms with van der Waals surface area (Å²) in [5.74, 6) is 0.858. The molecule has 5 heteroatoms. The van der Waals surface area contributed by atoms with E-state index in [-0.39, 0.29) is 0 Å². The summed E-state index contributed by atoms with van der Waals surface area (Å²) in [5.41, 5.74) is 3.80. The first-order valence-corrected chi connectivity index (χ1v) is 7.48. The average molecular weight is 292 g/mol. The largest absolute Gasteiger partial charge is 0.325 e. The molecule has 4 nitrogen and oxygen atoms in total. The van der Waals surface area contributed by atoms with Crippen molar-refractivity contribution in [2.24, 2.45) is 7.05 Å². The van der Waals surface area contributed by atoms with Crippen molar-refractivity contribution in [1.82, 2.24) is 19.5 Å². The predicted octanol–water partition coefficient (Wildman–Crippen LogP) is 3.76. The summed E-state index contributed by atoms with van der Waals surface area (Å²) in [5, 5.41) is 2.06. The van der Waals surface area contributed by atoms with Crippen LogP contribution in [0, 0.1) is 0 Å². The molecule has 0 spiro atoms. The Morgan fingerprint density at radius 3 is 2.71 bits per heavy atom. The first-order chi connectivity index (χ1) is 10.3. The van der Waals surface area contributed by atoms with E-state index in [0.29, 0.717) is 0 Å². The second kappa shape index (κ2) is 4.79. The van der Waals surface area contributed by atoms with E-state index in [0.717, 1.165) is 33.1 Å². The third-order valence-corrected chi connectivity index (χ3v) is 4.33. The van der Waals surface area contributed by atoms with Crippen LogP contribution >= 0.6 is 11.3 Å². The maximum absolute atomic E-state index is 4.75. The SMILES string of the molecule is Cn1c(-c2cccc(-c3cccs3)n2)nc2ccncc21. The summed E-state index contributed by atoms with van der Waals surface area (Å²) < 4.78 is 2.03. The number of fused-ring (bicyclic) bond motifs is 1. The quantitative estimate of drug-likeness (QED) is 0.565. The van der Waals surface area contributed by atoms with Crippen molar-refractivity contribution in [2.75, 3.05) is 0 Å². The van der Waals surface area contributed by atoms with Gasteiger partial charge < -0.3 is 4.57 Å². The summed E-state index contributed by atoms with van der Waals surface area (Å²) in [6.07, 6.45) is 3.59. The first kappa shape index (κ1) is 12.2. The molecule has 0 saturated carbocycles. The zero-order valence-corrected chi connectivity index (χ0v) is 12.2. The summed E-state index contributed by atoms with van der Waals surface area (Å²) in [6.45, 7) is 0. The lowest BCUT2D eigenvalue weighted by atomic mass is 10.2. The fourth-order valence-electron chi connectivity index (χ4n) is 2.38. The van der Waals surface area contributed by atoms with Gasteiger partial charge in [0.05, 0.1) is 27.8 Å². The second-order valence-corrected chi connectivity index (χ2v) is 5.69. The van der Waals surface area contributed by atoms with Gasteiger partial charge >= 0.3 is 0 Å². The van der Waals surface area contributed by atoms with Crippen LogP contribution in [0.2, 0.25) is 0 Å². The number of hydrogen-bond donors (Lipinski definition) is 0. The molecule has 0 N–H and O–H groups in total. The lowest BCUT2D eigenvalue weighted by Crippen LogP contribution is -1.95. The minimum Gasteiger partial charge on any atom is -0.325 e. The minimum atomic E-state index is 0.858. The molecule has 0 aliphatic heterocycles. The van der Waals surface area contributed by atoms with E-state index in [1.54, 1.807) is 17.5 Å². The van der Waals surface area contributed by atoms with Crippen LogP contribution in [-0.4, -0.2) is 19.5 Å². The number of pyridine rings is 2. The van der Waals surface area contributed by atoms with Gasteiger partial charge in [0.25, 0.3) is 0 Å². The molecule has 0 aliphatic carbocycles. The number of hydrogen-bond acceptors (Lipinski definition) is 4. The zero-order valence-electron chi connectivity index (χ0n) is 11.4. The lowest BCUT2D eigenvalue weighted by molar-refractivity contribution is 0.948. The van der Waals surface area contributed by atoms with Gasteiger partial charge in [-0.3, -0.25) is 4.98 Å². The normalized spacial score (nSPS) is 11.1. The molecule has 4 rings (SSSR count). The van der Waals surface area contributed by atoms with Gasteiger partial charge in [0.2, 0.25) is 0 Å². The molecule has 0 aliphatic rings. The maximum Gasteiger partial charge on any atom is 0.159 e. The maximum atomic E-state index is 4.75. The molecule has 0 aromatic carbocycles. The Morgan fingerprint density at radius 1 is 1.00 bits per heavy atom. The molecule has 0 fully saturated rings. The molecule has 0 atom stereocenters. The zero-order chi connectivity index (χ0) is 14.2. The van der Waals surface area contributed by atoms with Gasteiger partial charge in [-0.1, -0.05) is 12.1 Å². The van der Waals surface area contributed by atoms with Gasteiger partial charge in [0.15, 0.2) is 5.82 Å². The monoisotopic (exact) mass is 292 g/mol. The highest BCUT2D eigenvalue weighted by atomic mass is 32.1. The van der Waals surface area contributed by atoms with E-state index in [9.17, 15) is 0 Å². The second-order valence-electron chi connectivity index (χ2n) is 4.74. The molecule has 0 bridgehead atoms. The van der Waals surface area contributed by atoms with Crippen LogP contribution in [-0.2, 0) is 7.05 Å². The molecule has 0 radical (unpaired) electrons. The number of thiophene rings is 1. The molecule has 0 unspecified atom stereocenters. The highest BCUT2D eigenvalue weighted by Gasteiger charge is 2.12. The lowest BCUT2D eigenvalue weighted by Gasteiger charge is -2.03. The van der Waals surface area contributed by atoms with Crippen LogP contribution in [0.5, 0.6) is 0 Å². The number of imidazole rings is 1. The van der Waals surface area contributed by atoms with Crippen molar-refractivity contribution in [3.63, 3.8) is 0 Å². The van der Waals surface area contributed by atoms with Crippen molar-refractivity contribution in [1.29, 1.82) is 0 Å². The highest BCUT2D eigenvalue weighted by Crippen LogP contribution is 2.26. The van der Waals surface area contributed by atoms with Crippen LogP contribution in [0.1, 0.15) is 0 Å². The smallest absolute Gasteiger partial charge is 0.159 e. The van der Waals surface area contributed by atoms with E-state index in [4.69, 9.17) is 4.98 Å². The van der Waals surface area contributed by atoms with Crippen molar-refractivity contribution < 1.29 is 0 Å². The Hall–Kier alpha value is -2.53. The Balaban J connectivity index is 1.89. The van der Waals surface area contributed by atoms with Crippen LogP contribution in [0.3, 0.4) is 0 Å². The Bertz CT molecular complexity index is 909. The molecule has 4 heterocycles. The Kier molecular flexibility index (Phi) is 2.79. The molecule has 4 aromatic heterocycles. The van der Waals surface area contributed by atoms with Crippen LogP contribution < -0.4 is 0 Å². The van der Waals surface area contributed by atoms with Gasteiger partial charge in [-0.05, 0) is 29.6 Å². The fourth-order valence-corrected chi connectivity index (χ4v) is 3.08. The van der Waals surface area contributed by atoms with Crippen molar-refractivity contribution >= 4 is 22.4 Å². The van der Waals surface area contributed by atoms with E-state index in [2.05, 4.69) is 21.4 Å². The summed E-state index contributed by atoms with van der Waals surface area (Å²) >= 11 is 1.69. The van der Waals surface area contributed by atoms with Gasteiger partial charge in [-0.15, -0.1) is 11.3 Å². The number of nitrogens with zero attached hydrogens (tertiary/aromatic N) is 4. The fraction of sp³-hybridized carbons (Fsp3) is 0.0625. The van der Waals surface area contributed by atoms with Crippen LogP contribution in [0.15, 0.2) is 54.2 Å². The molecular weight excluding hydrogens is 280 g/mol. The van der Waals surface area contributed by atoms with Gasteiger partial charge in [0.1, 0.15) is 5.69 Å². The highest BCUT2D eigenvalue weighted by molar-refractivity contribution is 7.13. The number of rotatable bonds is 2. The van der Waals surface area contributed by atoms with Gasteiger partial charge in [-0.25, -0.2) is 9.97 Å². The van der Waals surface area contributed by atoms with Crippen molar-refractivity contribution in [3.05, 3.63) is 54.2 Å². The van der Waals surface area contributed by atoms with Crippen LogP contribution in [0.25, 0.3) is 33.1 Å². The molecule has 102 valence electrons. The molecule has 21 heavy (non-hydrogen) atoms. The van der Waals surface area contributed by atoms with E-state index in [1.807, 2.05) is 48.1 Å². The third kappa shape index (κ3) is 2.02. The Labute approximate surface area is 125 Å². The standard InChI is InChI=1S/C16H12N4S/c1-20-14-10-17-8-7-11(14)19-16(20)13-5-2-4-12(18-13)15-6-3-9-21-15/h2-10H,1H3. The minimum absolute atomic E-state index is 0.858. The summed E-state index contributed by atoms with van der Waals surface area (Å²) in [4.78, 5) is 14.7. The van der Waals surface area contributed by atoms with Crippen molar-refractivity contribution in [2.45, 2.75) is 0 Å². The third-order valence-electron chi connectivity index (χ3n) is 3.43. The summed E-state index contributed by atoms with van der Waals surface area (Å²) in [6, 6.07) is 12.1. The van der Waals surface area contributed by atoms with Gasteiger partial charge in [0, 0.05) is 13.2 Å². The topological polar surface area (TPSA) is 43.6 Å². The average Bonchev–Trinajstić information content (AvgIpc) is 3.16. The predicted molar refractivity (Wildman–Crippen MR) is 85.1 cm³/mol. The molecule has 4 aromatic rings. The molecule has 0 amide bonds. The first-order valence-electron chi connectivity index (χ1n) is 6.61. The number of aryl methyl sites for hydroxylation is 1. The van der Waals surface area contributed by atoms with Crippen molar-refractivity contribution in [3.8, 4) is 22.1 Å². The summed E-state index contributed by atoms with van der Waals surface area (Å²) in [7, 11) is 1.99. The van der Waals surface area contributed by atoms with Crippen LogP contribution in [0.4, 0.5) is 0 Å². The molecule has 0 saturated heterocycles. The Morgan fingerprint density at radius 2 is 1.90 bits per heavy atom. The number of aromatic nitrogens is 4. The van der Waals surface area contributed by atoms with E-state index >= 15 is 0 Å².